The summed E-state index contributed by atoms with van der Waals surface area (Å²) < 4.78 is 34.7. The van der Waals surface area contributed by atoms with Crippen LogP contribution in [0, 0.1) is 0 Å². The van der Waals surface area contributed by atoms with Gasteiger partial charge in [0.15, 0.2) is 9.84 Å². The number of methoxy groups -OCH3 is 1. The molecule has 0 aliphatic rings. The molecule has 9 heteroatoms. The summed E-state index contributed by atoms with van der Waals surface area (Å²) in [4.78, 5) is 5.14. The molecule has 3 aromatic rings. The molecule has 1 aromatic carbocycles. The predicted octanol–water partition coefficient (Wildman–Crippen LogP) is 2.45. The number of benzene rings is 1. The third kappa shape index (κ3) is 4.25. The minimum absolute atomic E-state index is 0.0573. The highest BCUT2D eigenvalue weighted by molar-refractivity contribution is 7.89. The summed E-state index contributed by atoms with van der Waals surface area (Å²) in [5.41, 5.74) is 1.01. The average molecular weight is 365 g/mol. The number of hydrogen-bond acceptors (Lipinski definition) is 8. The van der Waals surface area contributed by atoms with Crippen molar-refractivity contribution in [3.05, 3.63) is 53.3 Å². The lowest BCUT2D eigenvalue weighted by Crippen LogP contribution is -2.07. The number of sulfone groups is 1. The number of rotatable bonds is 7. The fraction of sp³-hybridized carbons (Fsp3) is 0.267. The number of hydrogen-bond donors (Lipinski definition) is 0. The lowest BCUT2D eigenvalue weighted by Gasteiger charge is -1.98. The van der Waals surface area contributed by atoms with Crippen LogP contribution in [-0.2, 0) is 32.7 Å². The fourth-order valence-electron chi connectivity index (χ4n) is 2.07. The summed E-state index contributed by atoms with van der Waals surface area (Å²) in [5, 5.41) is 7.98. The second-order valence-electron chi connectivity index (χ2n) is 5.04. The van der Waals surface area contributed by atoms with Crippen LogP contribution in [0.1, 0.15) is 16.8 Å². The molecule has 0 amide bonds. The molecule has 24 heavy (non-hydrogen) atoms. The Hall–Kier alpha value is -2.10. The zero-order valence-electron chi connectivity index (χ0n) is 12.9. The van der Waals surface area contributed by atoms with Crippen molar-refractivity contribution >= 4 is 21.2 Å². The molecular formula is C15H15N3O4S2. The van der Waals surface area contributed by atoms with Gasteiger partial charge in [0, 0.05) is 13.3 Å². The number of nitrogens with zero attached hydrogens (tertiary/aromatic N) is 3. The van der Waals surface area contributed by atoms with Crippen molar-refractivity contribution in [2.45, 2.75) is 18.1 Å². The summed E-state index contributed by atoms with van der Waals surface area (Å²) in [6, 6.07) is 9.71. The lowest BCUT2D eigenvalue weighted by molar-refractivity contribution is 0.158. The summed E-state index contributed by atoms with van der Waals surface area (Å²) in [6.45, 7) is 0.153. The van der Waals surface area contributed by atoms with Crippen LogP contribution in [-0.4, -0.2) is 30.7 Å². The van der Waals surface area contributed by atoms with Gasteiger partial charge in [0.05, 0.1) is 4.88 Å². The Morgan fingerprint density at radius 3 is 2.62 bits per heavy atom. The van der Waals surface area contributed by atoms with Gasteiger partial charge in [-0.25, -0.2) is 13.4 Å². The van der Waals surface area contributed by atoms with Crippen LogP contribution in [0.25, 0.3) is 10.4 Å². The van der Waals surface area contributed by atoms with Crippen molar-refractivity contribution in [3.63, 3.8) is 0 Å². The van der Waals surface area contributed by atoms with E-state index < -0.39 is 9.84 Å². The van der Waals surface area contributed by atoms with Gasteiger partial charge in [-0.15, -0.1) is 21.5 Å². The second-order valence-corrected chi connectivity index (χ2v) is 8.22. The Bertz CT molecular complexity index is 904. The van der Waals surface area contributed by atoms with Crippen LogP contribution in [0.4, 0.5) is 0 Å². The van der Waals surface area contributed by atoms with Crippen LogP contribution < -0.4 is 0 Å². The first-order chi connectivity index (χ1) is 11.6. The van der Waals surface area contributed by atoms with Gasteiger partial charge in [-0.05, 0) is 5.56 Å². The normalized spacial score (nSPS) is 11.7. The number of thiazole rings is 1. The van der Waals surface area contributed by atoms with Crippen LogP contribution in [0.15, 0.2) is 40.9 Å². The van der Waals surface area contributed by atoms with E-state index in [0.717, 1.165) is 10.4 Å². The highest BCUT2D eigenvalue weighted by Gasteiger charge is 2.20. The molecule has 3 rings (SSSR count). The van der Waals surface area contributed by atoms with E-state index >= 15 is 0 Å². The van der Waals surface area contributed by atoms with Crippen molar-refractivity contribution in [2.75, 3.05) is 7.11 Å². The molecule has 0 bridgehead atoms. The molecule has 2 heterocycles. The van der Waals surface area contributed by atoms with E-state index in [-0.39, 0.29) is 29.9 Å². The first-order valence-corrected chi connectivity index (χ1v) is 9.70. The molecule has 0 radical (unpaired) electrons. The molecule has 0 atom stereocenters. The Labute approximate surface area is 143 Å². The molecule has 0 aliphatic carbocycles. The Morgan fingerprint density at radius 1 is 1.12 bits per heavy atom. The quantitative estimate of drug-likeness (QED) is 0.634. The van der Waals surface area contributed by atoms with E-state index in [1.54, 1.807) is 6.20 Å². The smallest absolute Gasteiger partial charge is 0.242 e. The molecule has 0 aliphatic heterocycles. The standard InChI is InChI=1S/C15H15N3O4S2/c1-21-8-13-17-18-14(22-13)9-24(19,20)10-15-16-7-12(23-15)11-5-3-2-4-6-11/h2-7H,8-10H2,1H3. The summed E-state index contributed by atoms with van der Waals surface area (Å²) in [6.07, 6.45) is 1.69. The summed E-state index contributed by atoms with van der Waals surface area (Å²) in [7, 11) is -1.95. The van der Waals surface area contributed by atoms with Crippen LogP contribution in [0.2, 0.25) is 0 Å². The maximum absolute atomic E-state index is 12.3. The highest BCUT2D eigenvalue weighted by atomic mass is 32.2. The van der Waals surface area contributed by atoms with Gasteiger partial charge in [-0.3, -0.25) is 0 Å². The summed E-state index contributed by atoms with van der Waals surface area (Å²) in [5.74, 6) is -0.165. The van der Waals surface area contributed by atoms with Gasteiger partial charge in [-0.1, -0.05) is 30.3 Å². The third-order valence-electron chi connectivity index (χ3n) is 3.08. The molecule has 0 spiro atoms. The minimum atomic E-state index is -3.45. The first-order valence-electron chi connectivity index (χ1n) is 7.06. The fourth-order valence-corrected chi connectivity index (χ4v) is 4.61. The van der Waals surface area contributed by atoms with E-state index in [1.807, 2.05) is 30.3 Å². The molecular weight excluding hydrogens is 350 g/mol. The van der Waals surface area contributed by atoms with E-state index in [9.17, 15) is 8.42 Å². The van der Waals surface area contributed by atoms with Crippen molar-refractivity contribution < 1.29 is 17.6 Å². The van der Waals surface area contributed by atoms with Crippen LogP contribution in [0.5, 0.6) is 0 Å². The number of aromatic nitrogens is 3. The monoisotopic (exact) mass is 365 g/mol. The maximum atomic E-state index is 12.3. The van der Waals surface area contributed by atoms with Crippen molar-refractivity contribution in [3.8, 4) is 10.4 Å². The first kappa shape index (κ1) is 16.7. The second kappa shape index (κ2) is 7.20. The van der Waals surface area contributed by atoms with E-state index in [2.05, 4.69) is 15.2 Å². The van der Waals surface area contributed by atoms with Gasteiger partial charge in [-0.2, -0.15) is 0 Å². The molecule has 0 N–H and O–H groups in total. The predicted molar refractivity (Wildman–Crippen MR) is 88.9 cm³/mol. The van der Waals surface area contributed by atoms with Crippen LogP contribution in [0.3, 0.4) is 0 Å². The van der Waals surface area contributed by atoms with Crippen molar-refractivity contribution in [1.29, 1.82) is 0 Å². The molecule has 0 fully saturated rings. The largest absolute Gasteiger partial charge is 0.422 e. The number of ether oxygens (including phenoxy) is 1. The molecule has 2 aromatic heterocycles. The topological polar surface area (TPSA) is 95.2 Å². The van der Waals surface area contributed by atoms with Crippen molar-refractivity contribution in [1.82, 2.24) is 15.2 Å². The highest BCUT2D eigenvalue weighted by Crippen LogP contribution is 2.27. The maximum Gasteiger partial charge on any atom is 0.242 e. The van der Waals surface area contributed by atoms with Gasteiger partial charge >= 0.3 is 0 Å². The Balaban J connectivity index is 1.69. The van der Waals surface area contributed by atoms with E-state index in [1.165, 1.54) is 18.4 Å². The molecule has 0 saturated heterocycles. The SMILES string of the molecule is COCc1nnc(CS(=O)(=O)Cc2ncc(-c3ccccc3)s2)o1. The Kier molecular flexibility index (Phi) is 5.03. The van der Waals surface area contributed by atoms with Crippen LogP contribution >= 0.6 is 11.3 Å². The Morgan fingerprint density at radius 2 is 1.88 bits per heavy atom. The zero-order chi connectivity index (χ0) is 17.0. The molecule has 7 nitrogen and oxygen atoms in total. The third-order valence-corrected chi connectivity index (χ3v) is 5.70. The van der Waals surface area contributed by atoms with Crippen molar-refractivity contribution in [2.24, 2.45) is 0 Å². The minimum Gasteiger partial charge on any atom is -0.422 e. The molecule has 0 saturated carbocycles. The average Bonchev–Trinajstić information content (AvgIpc) is 3.17. The lowest BCUT2D eigenvalue weighted by atomic mass is 10.2. The molecule has 126 valence electrons. The van der Waals surface area contributed by atoms with Gasteiger partial charge in [0.2, 0.25) is 11.8 Å². The van der Waals surface area contributed by atoms with E-state index in [4.69, 9.17) is 9.15 Å². The molecule has 0 unspecified atom stereocenters. The van der Waals surface area contributed by atoms with Gasteiger partial charge in [0.1, 0.15) is 23.1 Å². The van der Waals surface area contributed by atoms with Gasteiger partial charge in [0.25, 0.3) is 0 Å². The van der Waals surface area contributed by atoms with E-state index in [0.29, 0.717) is 5.01 Å². The zero-order valence-corrected chi connectivity index (χ0v) is 14.5. The van der Waals surface area contributed by atoms with Gasteiger partial charge < -0.3 is 9.15 Å². The summed E-state index contributed by atoms with van der Waals surface area (Å²) >= 11 is 1.36.